The average Bonchev–Trinajstić information content (AvgIpc) is 2.76. The minimum absolute atomic E-state index is 0.175. The highest BCUT2D eigenvalue weighted by Gasteiger charge is 2.26. The van der Waals surface area contributed by atoms with Gasteiger partial charge in [-0.05, 0) is 37.1 Å². The summed E-state index contributed by atoms with van der Waals surface area (Å²) in [5, 5.41) is 8.89. The van der Waals surface area contributed by atoms with Crippen LogP contribution in [0.25, 0.3) is 0 Å². The average molecular weight is 249 g/mol. The monoisotopic (exact) mass is 249 g/mol. The first kappa shape index (κ1) is 12.9. The van der Waals surface area contributed by atoms with Gasteiger partial charge in [0, 0.05) is 12.6 Å². The van der Waals surface area contributed by atoms with Gasteiger partial charge in [0.2, 0.25) is 0 Å². The van der Waals surface area contributed by atoms with Gasteiger partial charge in [-0.3, -0.25) is 9.69 Å². The molecule has 1 aliphatic heterocycles. The van der Waals surface area contributed by atoms with Crippen LogP contribution in [0.5, 0.6) is 5.75 Å². The fraction of sp³-hybridized carbons (Fsp3) is 0.500. The third-order valence-corrected chi connectivity index (χ3v) is 3.43. The molecule has 98 valence electrons. The summed E-state index contributed by atoms with van der Waals surface area (Å²) >= 11 is 0. The first-order valence-electron chi connectivity index (χ1n) is 6.28. The van der Waals surface area contributed by atoms with Crippen LogP contribution in [0.15, 0.2) is 24.3 Å². The third-order valence-electron chi connectivity index (χ3n) is 3.43. The standard InChI is InChI=1S/C14H19NO3/c1-18-13-6-2-4-11(8-13)10-15-7-3-5-12(15)9-14(16)17/h2,4,6,8,12H,3,5,7,9-10H2,1H3,(H,16,17). The molecule has 1 fully saturated rings. The van der Waals surface area contributed by atoms with Gasteiger partial charge in [0.05, 0.1) is 13.5 Å². The number of aliphatic carboxylic acids is 1. The van der Waals surface area contributed by atoms with Gasteiger partial charge < -0.3 is 9.84 Å². The van der Waals surface area contributed by atoms with Crippen molar-refractivity contribution in [2.45, 2.75) is 31.8 Å². The number of methoxy groups -OCH3 is 1. The van der Waals surface area contributed by atoms with Crippen molar-refractivity contribution >= 4 is 5.97 Å². The number of ether oxygens (including phenoxy) is 1. The third kappa shape index (κ3) is 3.23. The van der Waals surface area contributed by atoms with Crippen molar-refractivity contribution in [2.75, 3.05) is 13.7 Å². The van der Waals surface area contributed by atoms with Crippen LogP contribution >= 0.6 is 0 Å². The van der Waals surface area contributed by atoms with Crippen molar-refractivity contribution in [3.05, 3.63) is 29.8 Å². The van der Waals surface area contributed by atoms with E-state index in [4.69, 9.17) is 9.84 Å². The van der Waals surface area contributed by atoms with E-state index in [9.17, 15) is 4.79 Å². The Bertz CT molecular complexity index is 419. The highest BCUT2D eigenvalue weighted by molar-refractivity contribution is 5.67. The van der Waals surface area contributed by atoms with Crippen LogP contribution in [0, 0.1) is 0 Å². The number of hydrogen-bond donors (Lipinski definition) is 1. The molecular weight excluding hydrogens is 230 g/mol. The number of carboxylic acid groups (broad SMARTS) is 1. The summed E-state index contributed by atoms with van der Waals surface area (Å²) in [5.74, 6) is 0.138. The van der Waals surface area contributed by atoms with E-state index in [1.165, 1.54) is 5.56 Å². The van der Waals surface area contributed by atoms with E-state index in [1.807, 2.05) is 18.2 Å². The highest BCUT2D eigenvalue weighted by atomic mass is 16.5. The van der Waals surface area contributed by atoms with Crippen LogP contribution in [-0.2, 0) is 11.3 Å². The van der Waals surface area contributed by atoms with Gasteiger partial charge in [-0.2, -0.15) is 0 Å². The minimum Gasteiger partial charge on any atom is -0.497 e. The molecule has 1 atom stereocenters. The van der Waals surface area contributed by atoms with Gasteiger partial charge in [0.1, 0.15) is 5.75 Å². The second kappa shape index (κ2) is 5.87. The van der Waals surface area contributed by atoms with E-state index in [0.29, 0.717) is 0 Å². The molecule has 0 radical (unpaired) electrons. The molecule has 4 heteroatoms. The lowest BCUT2D eigenvalue weighted by atomic mass is 10.1. The number of likely N-dealkylation sites (tertiary alicyclic amines) is 1. The van der Waals surface area contributed by atoms with Crippen molar-refractivity contribution in [3.8, 4) is 5.75 Å². The molecule has 1 unspecified atom stereocenters. The van der Waals surface area contributed by atoms with Crippen molar-refractivity contribution in [1.82, 2.24) is 4.90 Å². The lowest BCUT2D eigenvalue weighted by Crippen LogP contribution is -2.30. The van der Waals surface area contributed by atoms with E-state index in [1.54, 1.807) is 7.11 Å². The number of carboxylic acids is 1. The number of hydrogen-bond acceptors (Lipinski definition) is 3. The number of nitrogens with zero attached hydrogens (tertiary/aromatic N) is 1. The molecule has 1 heterocycles. The Morgan fingerprint density at radius 2 is 2.39 bits per heavy atom. The molecule has 0 spiro atoms. The fourth-order valence-corrected chi connectivity index (χ4v) is 2.54. The maximum absolute atomic E-state index is 10.8. The maximum Gasteiger partial charge on any atom is 0.304 e. The van der Waals surface area contributed by atoms with Crippen molar-refractivity contribution in [2.24, 2.45) is 0 Å². The second-order valence-corrected chi connectivity index (χ2v) is 4.72. The summed E-state index contributed by atoms with van der Waals surface area (Å²) in [5.41, 5.74) is 1.17. The zero-order chi connectivity index (χ0) is 13.0. The summed E-state index contributed by atoms with van der Waals surface area (Å²) in [6.07, 6.45) is 2.31. The van der Waals surface area contributed by atoms with Gasteiger partial charge in [0.25, 0.3) is 0 Å². The van der Waals surface area contributed by atoms with Crippen molar-refractivity contribution in [3.63, 3.8) is 0 Å². The van der Waals surface area contributed by atoms with Crippen LogP contribution in [-0.4, -0.2) is 35.7 Å². The Morgan fingerprint density at radius 3 is 3.11 bits per heavy atom. The summed E-state index contributed by atoms with van der Waals surface area (Å²) < 4.78 is 5.20. The van der Waals surface area contributed by atoms with Crippen molar-refractivity contribution in [1.29, 1.82) is 0 Å². The van der Waals surface area contributed by atoms with Gasteiger partial charge >= 0.3 is 5.97 Å². The Hall–Kier alpha value is -1.55. The molecule has 0 amide bonds. The van der Waals surface area contributed by atoms with E-state index in [2.05, 4.69) is 11.0 Å². The molecule has 1 saturated heterocycles. The summed E-state index contributed by atoms with van der Waals surface area (Å²) in [4.78, 5) is 13.1. The number of carbonyl (C=O) groups is 1. The fourth-order valence-electron chi connectivity index (χ4n) is 2.54. The first-order valence-corrected chi connectivity index (χ1v) is 6.28. The predicted octanol–water partition coefficient (Wildman–Crippen LogP) is 2.13. The van der Waals surface area contributed by atoms with Gasteiger partial charge in [-0.15, -0.1) is 0 Å². The zero-order valence-corrected chi connectivity index (χ0v) is 10.6. The molecule has 2 rings (SSSR count). The molecule has 1 aromatic rings. The maximum atomic E-state index is 10.8. The second-order valence-electron chi connectivity index (χ2n) is 4.72. The molecule has 18 heavy (non-hydrogen) atoms. The molecular formula is C14H19NO3. The molecule has 0 aromatic heterocycles. The van der Waals surface area contributed by atoms with Crippen LogP contribution in [0.2, 0.25) is 0 Å². The number of rotatable bonds is 5. The van der Waals surface area contributed by atoms with Gasteiger partial charge in [-0.25, -0.2) is 0 Å². The molecule has 4 nitrogen and oxygen atoms in total. The largest absolute Gasteiger partial charge is 0.497 e. The predicted molar refractivity (Wildman–Crippen MR) is 68.7 cm³/mol. The zero-order valence-electron chi connectivity index (χ0n) is 10.6. The van der Waals surface area contributed by atoms with Crippen LogP contribution in [0.4, 0.5) is 0 Å². The summed E-state index contributed by atoms with van der Waals surface area (Å²) in [6.45, 7) is 1.78. The van der Waals surface area contributed by atoms with E-state index in [0.717, 1.165) is 31.7 Å². The Labute approximate surface area is 107 Å². The quantitative estimate of drug-likeness (QED) is 0.868. The normalized spacial score (nSPS) is 19.9. The minimum atomic E-state index is -0.711. The number of benzene rings is 1. The first-order chi connectivity index (χ1) is 8.69. The molecule has 1 aromatic carbocycles. The molecule has 1 N–H and O–H groups in total. The molecule has 0 aliphatic carbocycles. The molecule has 0 saturated carbocycles. The van der Waals surface area contributed by atoms with Crippen LogP contribution in [0.1, 0.15) is 24.8 Å². The Balaban J connectivity index is 2.00. The smallest absolute Gasteiger partial charge is 0.304 e. The summed E-state index contributed by atoms with van der Waals surface area (Å²) in [7, 11) is 1.65. The Kier molecular flexibility index (Phi) is 4.20. The van der Waals surface area contributed by atoms with E-state index < -0.39 is 5.97 Å². The lowest BCUT2D eigenvalue weighted by Gasteiger charge is -2.23. The van der Waals surface area contributed by atoms with E-state index >= 15 is 0 Å². The van der Waals surface area contributed by atoms with E-state index in [-0.39, 0.29) is 12.5 Å². The van der Waals surface area contributed by atoms with Crippen molar-refractivity contribution < 1.29 is 14.6 Å². The lowest BCUT2D eigenvalue weighted by molar-refractivity contribution is -0.138. The highest BCUT2D eigenvalue weighted by Crippen LogP contribution is 2.23. The Morgan fingerprint density at radius 1 is 1.56 bits per heavy atom. The van der Waals surface area contributed by atoms with Gasteiger partial charge in [-0.1, -0.05) is 12.1 Å². The molecule has 1 aliphatic rings. The van der Waals surface area contributed by atoms with Crippen LogP contribution in [0.3, 0.4) is 0 Å². The SMILES string of the molecule is COc1cccc(CN2CCCC2CC(=O)O)c1. The summed E-state index contributed by atoms with van der Waals surface area (Å²) in [6, 6.07) is 8.13. The van der Waals surface area contributed by atoms with Gasteiger partial charge in [0.15, 0.2) is 0 Å². The topological polar surface area (TPSA) is 49.8 Å². The molecule has 0 bridgehead atoms. The van der Waals surface area contributed by atoms with Crippen LogP contribution < -0.4 is 4.74 Å².